The molecule has 0 saturated carbocycles. The lowest BCUT2D eigenvalue weighted by Gasteiger charge is -2.27. The molecule has 0 aliphatic carbocycles. The molecule has 1 unspecified atom stereocenters. The summed E-state index contributed by atoms with van der Waals surface area (Å²) in [7, 11) is 4.76. The summed E-state index contributed by atoms with van der Waals surface area (Å²) in [4.78, 5) is 15.1. The number of methoxy groups -OCH3 is 3. The minimum absolute atomic E-state index is 0.130. The number of H-pyrrole nitrogens is 1. The third-order valence-corrected chi connectivity index (χ3v) is 5.82. The molecule has 8 nitrogen and oxygen atoms in total. The van der Waals surface area contributed by atoms with Crippen molar-refractivity contribution >= 4 is 5.91 Å². The summed E-state index contributed by atoms with van der Waals surface area (Å²) in [6.07, 6.45) is 0. The first kappa shape index (κ1) is 21.7. The maximum Gasteiger partial charge on any atom is 0.273 e. The largest absolute Gasteiger partial charge is 0.507 e. The standard InChI is InChI=1S/C24H27N3O5/c1-13-10-14(2)19(16(28)11-13)21-20-22(26-25-21)24(29)27(8-9-30-3)23(20)15-6-7-17(31-4)18(12-15)32-5/h6-7,10-12,23,28H,8-9H2,1-5H3,(H,25,26). The van der Waals surface area contributed by atoms with Crippen LogP contribution in [0.4, 0.5) is 0 Å². The molecule has 1 amide bonds. The molecule has 0 saturated heterocycles. The molecule has 4 rings (SSSR count). The molecule has 0 radical (unpaired) electrons. The van der Waals surface area contributed by atoms with Gasteiger partial charge in [0.15, 0.2) is 11.5 Å². The number of hydrogen-bond acceptors (Lipinski definition) is 6. The summed E-state index contributed by atoms with van der Waals surface area (Å²) < 4.78 is 16.1. The van der Waals surface area contributed by atoms with Crippen LogP contribution < -0.4 is 9.47 Å². The van der Waals surface area contributed by atoms with Crippen molar-refractivity contribution < 1.29 is 24.1 Å². The number of rotatable bonds is 7. The number of fused-ring (bicyclic) bond motifs is 1. The minimum Gasteiger partial charge on any atom is -0.507 e. The SMILES string of the molecule is COCCN1C(=O)c2[nH]nc(-c3c(C)cc(C)cc3O)c2C1c1ccc(OC)c(OC)c1. The van der Waals surface area contributed by atoms with Crippen LogP contribution in [0, 0.1) is 13.8 Å². The Hall–Kier alpha value is -3.52. The van der Waals surface area contributed by atoms with Gasteiger partial charge in [-0.1, -0.05) is 12.1 Å². The molecule has 0 bridgehead atoms. The number of aromatic amines is 1. The molecule has 1 aromatic heterocycles. The lowest BCUT2D eigenvalue weighted by atomic mass is 9.93. The van der Waals surface area contributed by atoms with Gasteiger partial charge in [0.1, 0.15) is 17.1 Å². The smallest absolute Gasteiger partial charge is 0.273 e. The molecule has 1 aliphatic heterocycles. The summed E-state index contributed by atoms with van der Waals surface area (Å²) in [5, 5.41) is 18.1. The van der Waals surface area contributed by atoms with E-state index in [4.69, 9.17) is 14.2 Å². The number of aromatic hydroxyl groups is 1. The highest BCUT2D eigenvalue weighted by Crippen LogP contribution is 2.46. The van der Waals surface area contributed by atoms with Crippen molar-refractivity contribution in [2.75, 3.05) is 34.5 Å². The van der Waals surface area contributed by atoms with E-state index in [1.807, 2.05) is 38.1 Å². The zero-order valence-electron chi connectivity index (χ0n) is 18.9. The number of amides is 1. The van der Waals surface area contributed by atoms with Crippen molar-refractivity contribution in [2.24, 2.45) is 0 Å². The Morgan fingerprint density at radius 2 is 1.84 bits per heavy atom. The number of aryl methyl sites for hydroxylation is 2. The second-order valence-electron chi connectivity index (χ2n) is 7.85. The highest BCUT2D eigenvalue weighted by atomic mass is 16.5. The van der Waals surface area contributed by atoms with Gasteiger partial charge in [-0.15, -0.1) is 0 Å². The zero-order chi connectivity index (χ0) is 23.0. The molecule has 0 fully saturated rings. The lowest BCUT2D eigenvalue weighted by Crippen LogP contribution is -2.32. The van der Waals surface area contributed by atoms with E-state index in [1.165, 1.54) is 0 Å². The van der Waals surface area contributed by atoms with E-state index in [2.05, 4.69) is 10.2 Å². The zero-order valence-corrected chi connectivity index (χ0v) is 18.9. The van der Waals surface area contributed by atoms with Gasteiger partial charge in [0.05, 0.1) is 26.9 Å². The van der Waals surface area contributed by atoms with Gasteiger partial charge < -0.3 is 24.2 Å². The van der Waals surface area contributed by atoms with Crippen LogP contribution in [0.15, 0.2) is 30.3 Å². The van der Waals surface area contributed by atoms with Gasteiger partial charge in [-0.2, -0.15) is 5.10 Å². The number of nitrogens with one attached hydrogen (secondary N) is 1. The van der Waals surface area contributed by atoms with Gasteiger partial charge in [-0.25, -0.2) is 0 Å². The summed E-state index contributed by atoms with van der Waals surface area (Å²) in [6, 6.07) is 8.85. The van der Waals surface area contributed by atoms with Crippen LogP contribution in [0.3, 0.4) is 0 Å². The van der Waals surface area contributed by atoms with Gasteiger partial charge in [0.25, 0.3) is 5.91 Å². The monoisotopic (exact) mass is 437 g/mol. The fourth-order valence-corrected chi connectivity index (χ4v) is 4.43. The van der Waals surface area contributed by atoms with E-state index in [-0.39, 0.29) is 11.7 Å². The van der Waals surface area contributed by atoms with E-state index in [0.717, 1.165) is 22.3 Å². The molecule has 0 spiro atoms. The van der Waals surface area contributed by atoms with Crippen LogP contribution in [0.2, 0.25) is 0 Å². The molecule has 1 atom stereocenters. The topological polar surface area (TPSA) is 96.9 Å². The Balaban J connectivity index is 1.92. The predicted molar refractivity (Wildman–Crippen MR) is 119 cm³/mol. The van der Waals surface area contributed by atoms with E-state index >= 15 is 0 Å². The molecule has 32 heavy (non-hydrogen) atoms. The van der Waals surface area contributed by atoms with E-state index < -0.39 is 6.04 Å². The van der Waals surface area contributed by atoms with Crippen molar-refractivity contribution in [3.8, 4) is 28.5 Å². The second kappa shape index (κ2) is 8.55. The van der Waals surface area contributed by atoms with Crippen molar-refractivity contribution in [3.05, 3.63) is 58.3 Å². The fourth-order valence-electron chi connectivity index (χ4n) is 4.43. The van der Waals surface area contributed by atoms with Crippen LogP contribution >= 0.6 is 0 Å². The number of aromatic nitrogens is 2. The first-order chi connectivity index (χ1) is 15.4. The van der Waals surface area contributed by atoms with Crippen molar-refractivity contribution in [3.63, 3.8) is 0 Å². The number of phenolic OH excluding ortho intramolecular Hbond substituents is 1. The number of benzene rings is 2. The number of ether oxygens (including phenoxy) is 3. The number of carbonyl (C=O) groups is 1. The van der Waals surface area contributed by atoms with E-state index in [9.17, 15) is 9.90 Å². The number of carbonyl (C=O) groups excluding carboxylic acids is 1. The fraction of sp³-hybridized carbons (Fsp3) is 0.333. The third kappa shape index (κ3) is 3.46. The molecular weight excluding hydrogens is 410 g/mol. The second-order valence-corrected chi connectivity index (χ2v) is 7.85. The quantitative estimate of drug-likeness (QED) is 0.586. The predicted octanol–water partition coefficient (Wildman–Crippen LogP) is 3.61. The highest BCUT2D eigenvalue weighted by molar-refractivity contribution is 6.00. The molecule has 2 N–H and O–H groups in total. The Kier molecular flexibility index (Phi) is 5.80. The highest BCUT2D eigenvalue weighted by Gasteiger charge is 2.42. The van der Waals surface area contributed by atoms with Crippen molar-refractivity contribution in [1.82, 2.24) is 15.1 Å². The Morgan fingerprint density at radius 1 is 1.09 bits per heavy atom. The Labute approximate surface area is 186 Å². The Morgan fingerprint density at radius 3 is 2.50 bits per heavy atom. The van der Waals surface area contributed by atoms with Crippen LogP contribution in [-0.4, -0.2) is 60.6 Å². The van der Waals surface area contributed by atoms with Crippen LogP contribution in [0.25, 0.3) is 11.3 Å². The van der Waals surface area contributed by atoms with Crippen molar-refractivity contribution in [2.45, 2.75) is 19.9 Å². The number of nitrogens with zero attached hydrogens (tertiary/aromatic N) is 2. The van der Waals surface area contributed by atoms with Gasteiger partial charge >= 0.3 is 0 Å². The van der Waals surface area contributed by atoms with Crippen LogP contribution in [0.1, 0.15) is 38.8 Å². The summed E-state index contributed by atoms with van der Waals surface area (Å²) in [5.41, 5.74) is 4.98. The molecule has 8 heteroatoms. The first-order valence-corrected chi connectivity index (χ1v) is 10.3. The summed E-state index contributed by atoms with van der Waals surface area (Å²) in [5.74, 6) is 1.13. The minimum atomic E-state index is -0.429. The Bertz CT molecular complexity index is 1150. The van der Waals surface area contributed by atoms with Crippen molar-refractivity contribution in [1.29, 1.82) is 0 Å². The molecule has 168 valence electrons. The summed E-state index contributed by atoms with van der Waals surface area (Å²) in [6.45, 7) is 4.63. The molecule has 2 aromatic carbocycles. The lowest BCUT2D eigenvalue weighted by molar-refractivity contribution is 0.0677. The first-order valence-electron chi connectivity index (χ1n) is 10.3. The number of hydrogen-bond donors (Lipinski definition) is 2. The van der Waals surface area contributed by atoms with Gasteiger partial charge in [-0.3, -0.25) is 9.89 Å². The van der Waals surface area contributed by atoms with Crippen LogP contribution in [0.5, 0.6) is 17.2 Å². The van der Waals surface area contributed by atoms with Gasteiger partial charge in [-0.05, 0) is 48.7 Å². The third-order valence-electron chi connectivity index (χ3n) is 5.82. The maximum atomic E-state index is 13.3. The average Bonchev–Trinajstić information content (AvgIpc) is 3.30. The summed E-state index contributed by atoms with van der Waals surface area (Å²) >= 11 is 0. The average molecular weight is 437 g/mol. The molecule has 3 aromatic rings. The van der Waals surface area contributed by atoms with E-state index in [0.29, 0.717) is 41.6 Å². The molecular formula is C24H27N3O5. The van der Waals surface area contributed by atoms with Gasteiger partial charge in [0.2, 0.25) is 0 Å². The maximum absolute atomic E-state index is 13.3. The van der Waals surface area contributed by atoms with E-state index in [1.54, 1.807) is 32.3 Å². The molecule has 1 aliphatic rings. The van der Waals surface area contributed by atoms with Gasteiger partial charge in [0, 0.05) is 24.8 Å². The number of phenols is 1. The molecule has 2 heterocycles. The van der Waals surface area contributed by atoms with Crippen LogP contribution in [-0.2, 0) is 4.74 Å². The normalized spacial score (nSPS) is 15.2.